The Hall–Kier alpha value is -2.00. The summed E-state index contributed by atoms with van der Waals surface area (Å²) in [5.74, 6) is 0.879. The van der Waals surface area contributed by atoms with Crippen LogP contribution < -0.4 is 5.73 Å². The molecule has 5 rings (SSSR count). The van der Waals surface area contributed by atoms with E-state index >= 15 is 0 Å². The lowest BCUT2D eigenvalue weighted by atomic mass is 10.00. The van der Waals surface area contributed by atoms with E-state index in [4.69, 9.17) is 15.2 Å². The summed E-state index contributed by atoms with van der Waals surface area (Å²) in [6.45, 7) is 1.09. The van der Waals surface area contributed by atoms with Crippen molar-refractivity contribution < 1.29 is 19.1 Å². The third kappa shape index (κ3) is 4.54. The minimum Gasteiger partial charge on any atom is -0.451 e. The lowest BCUT2D eigenvalue weighted by molar-refractivity contribution is -0.154. The van der Waals surface area contributed by atoms with Gasteiger partial charge in [-0.05, 0) is 24.0 Å². The Balaban J connectivity index is 1.41. The van der Waals surface area contributed by atoms with Crippen molar-refractivity contribution >= 4 is 35.4 Å². The van der Waals surface area contributed by atoms with E-state index in [2.05, 4.69) is 0 Å². The van der Waals surface area contributed by atoms with Crippen molar-refractivity contribution in [1.82, 2.24) is 4.90 Å². The van der Waals surface area contributed by atoms with Gasteiger partial charge in [-0.15, -0.1) is 23.5 Å². The number of rotatable bonds is 7. The minimum absolute atomic E-state index is 0.0548. The van der Waals surface area contributed by atoms with Crippen LogP contribution in [0.3, 0.4) is 0 Å². The fourth-order valence-corrected chi connectivity index (χ4v) is 7.58. The van der Waals surface area contributed by atoms with Gasteiger partial charge < -0.3 is 20.1 Å². The average molecular weight is 485 g/mol. The van der Waals surface area contributed by atoms with Gasteiger partial charge in [-0.2, -0.15) is 0 Å². The van der Waals surface area contributed by atoms with Gasteiger partial charge in [-0.25, -0.2) is 0 Å². The third-order valence-corrected chi connectivity index (χ3v) is 9.73. The molecular formula is C25H28N2O4S2. The molecule has 3 fully saturated rings. The summed E-state index contributed by atoms with van der Waals surface area (Å²) in [6.07, 6.45) is 1.66. The van der Waals surface area contributed by atoms with E-state index in [0.29, 0.717) is 18.1 Å². The van der Waals surface area contributed by atoms with Gasteiger partial charge in [0.1, 0.15) is 16.2 Å². The highest BCUT2D eigenvalue weighted by Gasteiger charge is 2.57. The number of fused-ring (bicyclic) bond motifs is 1. The van der Waals surface area contributed by atoms with Crippen LogP contribution in [-0.4, -0.2) is 63.7 Å². The molecule has 2 aromatic carbocycles. The summed E-state index contributed by atoms with van der Waals surface area (Å²) in [7, 11) is 0. The van der Waals surface area contributed by atoms with Crippen molar-refractivity contribution in [2.24, 2.45) is 5.73 Å². The number of ether oxygens (including phenoxy) is 2. The van der Waals surface area contributed by atoms with E-state index in [0.717, 1.165) is 30.6 Å². The Morgan fingerprint density at radius 3 is 2.45 bits per heavy atom. The Morgan fingerprint density at radius 1 is 1.18 bits per heavy atom. The van der Waals surface area contributed by atoms with E-state index in [-0.39, 0.29) is 23.4 Å². The van der Waals surface area contributed by atoms with E-state index in [1.165, 1.54) is 0 Å². The SMILES string of the molecule is NC1C(=O)N2CC(SCC3CCCO3)(C(=O)OC(c3ccccc3)c3ccccc3)CS[C@H]12. The summed E-state index contributed by atoms with van der Waals surface area (Å²) in [4.78, 5) is 28.1. The number of amides is 1. The summed E-state index contributed by atoms with van der Waals surface area (Å²) >= 11 is 3.15. The van der Waals surface area contributed by atoms with Crippen LogP contribution in [0.4, 0.5) is 0 Å². The van der Waals surface area contributed by atoms with Crippen LogP contribution in [0.1, 0.15) is 30.1 Å². The topological polar surface area (TPSA) is 81.9 Å². The first kappa shape index (κ1) is 22.8. The number of nitrogens with two attached hydrogens (primary N) is 1. The highest BCUT2D eigenvalue weighted by molar-refractivity contribution is 8.05. The van der Waals surface area contributed by atoms with Gasteiger partial charge in [-0.1, -0.05) is 60.7 Å². The number of hydrogen-bond acceptors (Lipinski definition) is 7. The van der Waals surface area contributed by atoms with Gasteiger partial charge in [0.05, 0.1) is 6.10 Å². The zero-order valence-corrected chi connectivity index (χ0v) is 19.9. The molecule has 174 valence electrons. The molecule has 3 aliphatic rings. The maximum atomic E-state index is 13.9. The molecule has 0 bridgehead atoms. The predicted octanol–water partition coefficient (Wildman–Crippen LogP) is 3.21. The number of esters is 1. The van der Waals surface area contributed by atoms with Crippen molar-refractivity contribution in [2.45, 2.75) is 41.2 Å². The van der Waals surface area contributed by atoms with E-state index in [1.54, 1.807) is 28.4 Å². The van der Waals surface area contributed by atoms with Gasteiger partial charge in [0, 0.05) is 24.7 Å². The lowest BCUT2D eigenvalue weighted by Crippen LogP contribution is -2.73. The van der Waals surface area contributed by atoms with E-state index in [9.17, 15) is 9.59 Å². The van der Waals surface area contributed by atoms with Crippen molar-refractivity contribution in [3.05, 3.63) is 71.8 Å². The smallest absolute Gasteiger partial charge is 0.325 e. The Morgan fingerprint density at radius 2 is 1.85 bits per heavy atom. The van der Waals surface area contributed by atoms with Crippen LogP contribution in [0.25, 0.3) is 0 Å². The third-order valence-electron chi connectivity index (χ3n) is 6.47. The zero-order valence-electron chi connectivity index (χ0n) is 18.3. The second-order valence-electron chi connectivity index (χ2n) is 8.74. The molecular weight excluding hydrogens is 456 g/mol. The number of carbonyl (C=O) groups excluding carboxylic acids is 2. The maximum Gasteiger partial charge on any atom is 0.325 e. The molecule has 3 aliphatic heterocycles. The van der Waals surface area contributed by atoms with Gasteiger partial charge in [0.25, 0.3) is 0 Å². The van der Waals surface area contributed by atoms with Crippen LogP contribution >= 0.6 is 23.5 Å². The van der Waals surface area contributed by atoms with Gasteiger partial charge in [0.15, 0.2) is 6.10 Å². The Kier molecular flexibility index (Phi) is 6.69. The molecule has 3 unspecified atom stereocenters. The van der Waals surface area contributed by atoms with Crippen LogP contribution in [0.5, 0.6) is 0 Å². The molecule has 1 amide bonds. The molecule has 8 heteroatoms. The lowest BCUT2D eigenvalue weighted by Gasteiger charge is -2.53. The first-order valence-electron chi connectivity index (χ1n) is 11.3. The first-order valence-corrected chi connectivity index (χ1v) is 13.3. The monoisotopic (exact) mass is 484 g/mol. The quantitative estimate of drug-likeness (QED) is 0.477. The molecule has 0 saturated carbocycles. The Labute approximate surface area is 202 Å². The van der Waals surface area contributed by atoms with Gasteiger partial charge in [0.2, 0.25) is 5.91 Å². The predicted molar refractivity (Wildman–Crippen MR) is 131 cm³/mol. The van der Waals surface area contributed by atoms with E-state index < -0.39 is 16.9 Å². The van der Waals surface area contributed by atoms with Crippen LogP contribution in [0.15, 0.2) is 60.7 Å². The number of hydrogen-bond donors (Lipinski definition) is 1. The van der Waals surface area contributed by atoms with Crippen molar-refractivity contribution in [1.29, 1.82) is 0 Å². The second kappa shape index (κ2) is 9.70. The molecule has 6 nitrogen and oxygen atoms in total. The Bertz CT molecular complexity index is 947. The highest BCUT2D eigenvalue weighted by atomic mass is 32.2. The fraction of sp³-hybridized carbons (Fsp3) is 0.440. The summed E-state index contributed by atoms with van der Waals surface area (Å²) in [6, 6.07) is 19.1. The molecule has 33 heavy (non-hydrogen) atoms. The molecule has 2 N–H and O–H groups in total. The summed E-state index contributed by atoms with van der Waals surface area (Å²) < 4.78 is 11.2. The van der Waals surface area contributed by atoms with E-state index in [1.807, 2.05) is 60.7 Å². The molecule has 0 radical (unpaired) electrons. The van der Waals surface area contributed by atoms with Crippen LogP contribution in [-0.2, 0) is 19.1 Å². The second-order valence-corrected chi connectivity index (χ2v) is 11.2. The highest BCUT2D eigenvalue weighted by Crippen LogP contribution is 2.45. The molecule has 2 aromatic rings. The minimum atomic E-state index is -0.856. The van der Waals surface area contributed by atoms with Crippen molar-refractivity contribution in [2.75, 3.05) is 24.7 Å². The normalized spacial score (nSPS) is 29.0. The standard InChI is InChI=1S/C25H28N2O4S2/c26-20-22(28)27-15-25(16-32-23(20)27,33-14-19-12-7-13-30-19)24(29)31-21(17-8-3-1-4-9-17)18-10-5-2-6-11-18/h1-6,8-11,19-21,23H,7,12-16,26H2/t19?,20?,23-,25?/m1/s1. The summed E-state index contributed by atoms with van der Waals surface area (Å²) in [5.41, 5.74) is 7.83. The van der Waals surface area contributed by atoms with Crippen LogP contribution in [0, 0.1) is 0 Å². The number of benzene rings is 2. The number of carbonyl (C=O) groups is 2. The van der Waals surface area contributed by atoms with Crippen molar-refractivity contribution in [3.8, 4) is 0 Å². The summed E-state index contributed by atoms with van der Waals surface area (Å²) in [5, 5.41) is -0.0548. The average Bonchev–Trinajstić information content (AvgIpc) is 3.40. The molecule has 0 aromatic heterocycles. The largest absolute Gasteiger partial charge is 0.451 e. The zero-order chi connectivity index (χ0) is 22.8. The number of thioether (sulfide) groups is 2. The molecule has 3 saturated heterocycles. The van der Waals surface area contributed by atoms with Gasteiger partial charge >= 0.3 is 5.97 Å². The fourth-order valence-electron chi connectivity index (χ4n) is 4.55. The first-order chi connectivity index (χ1) is 16.1. The molecule has 0 aliphatic carbocycles. The molecule has 3 heterocycles. The molecule has 4 atom stereocenters. The number of β-lactam (4-membered cyclic amide) rings is 1. The van der Waals surface area contributed by atoms with Crippen molar-refractivity contribution in [3.63, 3.8) is 0 Å². The van der Waals surface area contributed by atoms with Crippen LogP contribution in [0.2, 0.25) is 0 Å². The number of nitrogens with zero attached hydrogens (tertiary/aromatic N) is 1. The molecule has 0 spiro atoms. The van der Waals surface area contributed by atoms with Gasteiger partial charge in [-0.3, -0.25) is 9.59 Å². The maximum absolute atomic E-state index is 13.9.